The molecule has 1 aliphatic carbocycles. The molecule has 0 spiro atoms. The van der Waals surface area contributed by atoms with E-state index in [0.29, 0.717) is 46.7 Å². The highest BCUT2D eigenvalue weighted by Crippen LogP contribution is 2.30. The van der Waals surface area contributed by atoms with E-state index in [-0.39, 0.29) is 17.4 Å². The Kier molecular flexibility index (Phi) is 6.78. The van der Waals surface area contributed by atoms with Crippen molar-refractivity contribution in [1.29, 1.82) is 0 Å². The molecule has 7 nitrogen and oxygen atoms in total. The summed E-state index contributed by atoms with van der Waals surface area (Å²) >= 11 is 0. The summed E-state index contributed by atoms with van der Waals surface area (Å²) in [6, 6.07) is 10.9. The molecule has 4 aromatic rings. The smallest absolute Gasteiger partial charge is 0.250 e. The molecule has 1 saturated carbocycles. The second-order valence-corrected chi connectivity index (χ2v) is 9.37. The summed E-state index contributed by atoms with van der Waals surface area (Å²) in [6.45, 7) is 6.62. The van der Waals surface area contributed by atoms with Crippen molar-refractivity contribution >= 4 is 0 Å². The average molecular weight is 488 g/mol. The van der Waals surface area contributed by atoms with Gasteiger partial charge < -0.3 is 14.4 Å². The number of nitrogens with zero attached hydrogens (tertiary/aromatic N) is 4. The summed E-state index contributed by atoms with van der Waals surface area (Å²) in [7, 11) is 0. The van der Waals surface area contributed by atoms with Crippen molar-refractivity contribution in [1.82, 2.24) is 25.0 Å². The zero-order valence-electron chi connectivity index (χ0n) is 20.8. The third-order valence-electron chi connectivity index (χ3n) is 6.75. The Morgan fingerprint density at radius 2 is 1.94 bits per heavy atom. The van der Waals surface area contributed by atoms with Crippen LogP contribution in [-0.2, 0) is 6.54 Å². The maximum absolute atomic E-state index is 14.9. The van der Waals surface area contributed by atoms with Crippen LogP contribution in [0.25, 0.3) is 34.0 Å². The summed E-state index contributed by atoms with van der Waals surface area (Å²) in [5, 5.41) is 7.50. The first-order valence-corrected chi connectivity index (χ1v) is 12.5. The van der Waals surface area contributed by atoms with E-state index in [1.807, 2.05) is 19.2 Å². The largest absolute Gasteiger partial charge is 0.354 e. The molecule has 0 unspecified atom stereocenters. The van der Waals surface area contributed by atoms with Crippen LogP contribution in [0.2, 0.25) is 0 Å². The van der Waals surface area contributed by atoms with Crippen LogP contribution in [0.3, 0.4) is 0 Å². The first-order valence-electron chi connectivity index (χ1n) is 12.5. The number of halogens is 1. The van der Waals surface area contributed by atoms with Crippen molar-refractivity contribution in [3.8, 4) is 34.0 Å². The molecule has 1 aliphatic rings. The van der Waals surface area contributed by atoms with Gasteiger partial charge in [-0.2, -0.15) is 0 Å². The predicted molar refractivity (Wildman–Crippen MR) is 137 cm³/mol. The first-order chi connectivity index (χ1) is 17.5. The van der Waals surface area contributed by atoms with E-state index >= 15 is 0 Å². The Bertz CT molecular complexity index is 1440. The van der Waals surface area contributed by atoms with Gasteiger partial charge in [0.05, 0.1) is 17.6 Å². The second kappa shape index (κ2) is 10.1. The predicted octanol–water partition coefficient (Wildman–Crippen LogP) is 5.69. The lowest BCUT2D eigenvalue weighted by atomic mass is 10.1. The number of pyridine rings is 1. The highest BCUT2D eigenvalue weighted by molar-refractivity contribution is 5.68. The SMILES string of the molecule is CCC(CC)n1cc(-c2cnc(C)c(-c3cc(-c4ccc(CNC5CC5)cc4F)no3)n2)ccc1=O. The fraction of sp³-hybridized carbons (Fsp3) is 0.357. The molecule has 3 aromatic heterocycles. The Morgan fingerprint density at radius 3 is 2.67 bits per heavy atom. The third-order valence-corrected chi connectivity index (χ3v) is 6.75. The lowest BCUT2D eigenvalue weighted by molar-refractivity contribution is 0.432. The minimum atomic E-state index is -0.342. The summed E-state index contributed by atoms with van der Waals surface area (Å²) < 4.78 is 22.2. The van der Waals surface area contributed by atoms with E-state index in [9.17, 15) is 9.18 Å². The number of benzene rings is 1. The molecular weight excluding hydrogens is 457 g/mol. The zero-order valence-corrected chi connectivity index (χ0v) is 20.8. The van der Waals surface area contributed by atoms with Crippen LogP contribution in [0, 0.1) is 12.7 Å². The van der Waals surface area contributed by atoms with Gasteiger partial charge in [-0.3, -0.25) is 9.78 Å². The molecular formula is C28H30FN5O2. The van der Waals surface area contributed by atoms with Gasteiger partial charge >= 0.3 is 0 Å². The summed E-state index contributed by atoms with van der Waals surface area (Å²) in [4.78, 5) is 21.7. The standard InChI is InChI=1S/C28H30FN5O2/c1-4-21(5-2)34-16-19(7-11-27(34)35)25-15-30-17(3)28(32-25)26-13-24(33-36-26)22-10-6-18(12-23(22)29)14-31-20-8-9-20/h6-7,10-13,15-16,20-21,31H,4-5,8-9,14H2,1-3H3. The van der Waals surface area contributed by atoms with Crippen LogP contribution in [0.5, 0.6) is 0 Å². The topological polar surface area (TPSA) is 85.8 Å². The minimum absolute atomic E-state index is 0.0380. The Morgan fingerprint density at radius 1 is 1.14 bits per heavy atom. The number of aromatic nitrogens is 4. The molecule has 3 heterocycles. The number of aryl methyl sites for hydroxylation is 1. The van der Waals surface area contributed by atoms with Crippen molar-refractivity contribution in [3.05, 3.63) is 76.2 Å². The molecule has 0 aliphatic heterocycles. The van der Waals surface area contributed by atoms with E-state index in [1.165, 1.54) is 12.8 Å². The molecule has 1 aromatic carbocycles. The maximum Gasteiger partial charge on any atom is 0.250 e. The summed E-state index contributed by atoms with van der Waals surface area (Å²) in [5.74, 6) is 0.0641. The Hall–Kier alpha value is -3.65. The van der Waals surface area contributed by atoms with Crippen LogP contribution < -0.4 is 10.9 Å². The lowest BCUT2D eigenvalue weighted by Gasteiger charge is -2.17. The molecule has 36 heavy (non-hydrogen) atoms. The molecule has 186 valence electrons. The van der Waals surface area contributed by atoms with E-state index in [4.69, 9.17) is 9.51 Å². The van der Waals surface area contributed by atoms with Crippen molar-refractivity contribution < 1.29 is 8.91 Å². The van der Waals surface area contributed by atoms with Gasteiger partial charge in [-0.15, -0.1) is 0 Å². The molecule has 0 saturated heterocycles. The third kappa shape index (κ3) is 4.99. The molecule has 0 amide bonds. The number of nitrogens with one attached hydrogen (secondary N) is 1. The Balaban J connectivity index is 1.43. The van der Waals surface area contributed by atoms with Crippen molar-refractivity contribution in [3.63, 3.8) is 0 Å². The van der Waals surface area contributed by atoms with E-state index in [0.717, 1.165) is 24.0 Å². The van der Waals surface area contributed by atoms with Gasteiger partial charge in [-0.1, -0.05) is 25.1 Å². The van der Waals surface area contributed by atoms with Gasteiger partial charge in [0.1, 0.15) is 17.2 Å². The van der Waals surface area contributed by atoms with Crippen LogP contribution in [-0.4, -0.2) is 25.7 Å². The maximum atomic E-state index is 14.9. The van der Waals surface area contributed by atoms with Gasteiger partial charge in [0.15, 0.2) is 5.76 Å². The average Bonchev–Trinajstić information content (AvgIpc) is 3.59. The number of hydrogen-bond donors (Lipinski definition) is 1. The molecule has 5 rings (SSSR count). The van der Waals surface area contributed by atoms with Gasteiger partial charge in [-0.05, 0) is 56.4 Å². The second-order valence-electron chi connectivity index (χ2n) is 9.37. The van der Waals surface area contributed by atoms with Gasteiger partial charge in [-0.25, -0.2) is 9.37 Å². The van der Waals surface area contributed by atoms with Gasteiger partial charge in [0.25, 0.3) is 5.56 Å². The molecule has 0 bridgehead atoms. The fourth-order valence-electron chi connectivity index (χ4n) is 4.38. The monoisotopic (exact) mass is 487 g/mol. The summed E-state index contributed by atoms with van der Waals surface area (Å²) in [5.41, 5.74) is 4.23. The van der Waals surface area contributed by atoms with Crippen molar-refractivity contribution in [2.45, 2.75) is 65.1 Å². The molecule has 0 atom stereocenters. The Labute approximate surface area is 209 Å². The van der Waals surface area contributed by atoms with Crippen LogP contribution in [0.4, 0.5) is 4.39 Å². The molecule has 1 N–H and O–H groups in total. The number of rotatable bonds is 9. The highest BCUT2D eigenvalue weighted by atomic mass is 19.1. The normalized spacial score (nSPS) is 13.5. The minimum Gasteiger partial charge on any atom is -0.354 e. The van der Waals surface area contributed by atoms with Crippen molar-refractivity contribution in [2.24, 2.45) is 0 Å². The van der Waals surface area contributed by atoms with E-state index < -0.39 is 0 Å². The molecule has 0 radical (unpaired) electrons. The lowest BCUT2D eigenvalue weighted by Crippen LogP contribution is -2.23. The quantitative estimate of drug-likeness (QED) is 0.327. The zero-order chi connectivity index (χ0) is 25.2. The molecule has 8 heteroatoms. The fourth-order valence-corrected chi connectivity index (χ4v) is 4.38. The van der Waals surface area contributed by atoms with E-state index in [1.54, 1.807) is 41.1 Å². The highest BCUT2D eigenvalue weighted by Gasteiger charge is 2.21. The summed E-state index contributed by atoms with van der Waals surface area (Å²) in [6.07, 6.45) is 7.62. The van der Waals surface area contributed by atoms with Crippen molar-refractivity contribution in [2.75, 3.05) is 0 Å². The van der Waals surface area contributed by atoms with Crippen LogP contribution in [0.15, 0.2) is 58.1 Å². The van der Waals surface area contributed by atoms with Crippen LogP contribution in [0.1, 0.15) is 56.8 Å². The number of hydrogen-bond acceptors (Lipinski definition) is 6. The van der Waals surface area contributed by atoms with Gasteiger partial charge in [0, 0.05) is 48.1 Å². The first kappa shape index (κ1) is 24.1. The van der Waals surface area contributed by atoms with Crippen LogP contribution >= 0.6 is 0 Å². The van der Waals surface area contributed by atoms with Gasteiger partial charge in [0.2, 0.25) is 0 Å². The molecule has 1 fully saturated rings. The van der Waals surface area contributed by atoms with E-state index in [2.05, 4.69) is 29.3 Å².